The molecule has 1 aromatic carbocycles. The summed E-state index contributed by atoms with van der Waals surface area (Å²) < 4.78 is 39.1. The van der Waals surface area contributed by atoms with Gasteiger partial charge in [0.05, 0.1) is 4.92 Å². The Morgan fingerprint density at radius 2 is 1.95 bits per heavy atom. The van der Waals surface area contributed by atoms with Crippen LogP contribution in [0, 0.1) is 21.7 Å². The molecule has 0 amide bonds. The van der Waals surface area contributed by atoms with Crippen LogP contribution in [-0.2, 0) is 6.18 Å². The number of nitrogens with zero attached hydrogens (tertiary/aromatic N) is 2. The van der Waals surface area contributed by atoms with Crippen LogP contribution >= 0.6 is 12.2 Å². The third-order valence-electron chi connectivity index (χ3n) is 2.73. The Balaban J connectivity index is 2.73. The Bertz CT molecular complexity index is 733. The van der Waals surface area contributed by atoms with E-state index in [1.54, 1.807) is 0 Å². The number of halogens is 3. The summed E-state index contributed by atoms with van der Waals surface area (Å²) in [6.07, 6.45) is -4.60. The maximum absolute atomic E-state index is 12.8. The van der Waals surface area contributed by atoms with E-state index in [9.17, 15) is 23.3 Å². The van der Waals surface area contributed by atoms with E-state index >= 15 is 0 Å². The Morgan fingerprint density at radius 3 is 2.45 bits per heavy atom. The lowest BCUT2D eigenvalue weighted by molar-refractivity contribution is -0.384. The molecule has 2 rings (SSSR count). The van der Waals surface area contributed by atoms with Gasteiger partial charge in [0, 0.05) is 11.6 Å². The Hall–Kier alpha value is -2.16. The van der Waals surface area contributed by atoms with Crippen LogP contribution in [0.25, 0.3) is 5.69 Å². The average molecular weight is 303 g/mol. The second-order valence-electron chi connectivity index (χ2n) is 4.00. The first-order valence-corrected chi connectivity index (χ1v) is 5.77. The normalized spacial score (nSPS) is 11.6. The molecule has 0 unspecified atom stereocenters. The summed E-state index contributed by atoms with van der Waals surface area (Å²) in [5, 5.41) is 13.0. The molecule has 2 aromatic rings. The van der Waals surface area contributed by atoms with Crippen LogP contribution in [0.4, 0.5) is 18.9 Å². The van der Waals surface area contributed by atoms with Crippen LogP contribution in [0.2, 0.25) is 0 Å². The number of hydrogen-bond acceptors (Lipinski definition) is 3. The number of benzene rings is 1. The van der Waals surface area contributed by atoms with Gasteiger partial charge in [-0.3, -0.25) is 15.2 Å². The number of rotatable bonds is 2. The second-order valence-corrected chi connectivity index (χ2v) is 4.38. The fourth-order valence-electron chi connectivity index (χ4n) is 1.77. The monoisotopic (exact) mass is 303 g/mol. The van der Waals surface area contributed by atoms with E-state index in [-0.39, 0.29) is 21.6 Å². The topological polar surface area (TPSA) is 63.9 Å². The van der Waals surface area contributed by atoms with Gasteiger partial charge in [-0.15, -0.1) is 0 Å². The van der Waals surface area contributed by atoms with Crippen molar-refractivity contribution in [3.8, 4) is 5.69 Å². The summed E-state index contributed by atoms with van der Waals surface area (Å²) in [5.41, 5.74) is -1.56. The zero-order valence-electron chi connectivity index (χ0n) is 10.1. The summed E-state index contributed by atoms with van der Waals surface area (Å²) in [6, 6.07) is 5.42. The summed E-state index contributed by atoms with van der Waals surface area (Å²) in [6.45, 7) is 1.22. The minimum absolute atomic E-state index is 0.0406. The molecular formula is C11H8F3N3O2S. The Labute approximate surface area is 115 Å². The SMILES string of the molecule is Cc1c(C(F)(F)F)[nH]n(-c2ccccc2[N+](=O)[O-])c1=S. The average Bonchev–Trinajstić information content (AvgIpc) is 2.66. The van der Waals surface area contributed by atoms with Crippen molar-refractivity contribution in [2.45, 2.75) is 13.1 Å². The van der Waals surface area contributed by atoms with Crippen molar-refractivity contribution in [1.29, 1.82) is 0 Å². The van der Waals surface area contributed by atoms with Crippen LogP contribution in [0.3, 0.4) is 0 Å². The van der Waals surface area contributed by atoms with E-state index < -0.39 is 16.8 Å². The first kappa shape index (κ1) is 14.3. The van der Waals surface area contributed by atoms with E-state index in [1.165, 1.54) is 31.2 Å². The van der Waals surface area contributed by atoms with Gasteiger partial charge in [0.15, 0.2) is 0 Å². The number of hydrogen-bond donors (Lipinski definition) is 1. The number of alkyl halides is 3. The predicted molar refractivity (Wildman–Crippen MR) is 67.3 cm³/mol. The molecule has 0 fully saturated rings. The highest BCUT2D eigenvalue weighted by molar-refractivity contribution is 7.71. The summed E-state index contributed by atoms with van der Waals surface area (Å²) in [5.74, 6) is 0. The van der Waals surface area contributed by atoms with Gasteiger partial charge in [0.2, 0.25) is 0 Å². The largest absolute Gasteiger partial charge is 0.433 e. The molecule has 1 N–H and O–H groups in total. The van der Waals surface area contributed by atoms with Crippen molar-refractivity contribution in [2.75, 3.05) is 0 Å². The number of nitro benzene ring substituents is 1. The van der Waals surface area contributed by atoms with E-state index in [0.717, 1.165) is 4.68 Å². The zero-order valence-corrected chi connectivity index (χ0v) is 10.9. The van der Waals surface area contributed by atoms with Crippen LogP contribution in [0.5, 0.6) is 0 Å². The van der Waals surface area contributed by atoms with Gasteiger partial charge in [-0.1, -0.05) is 24.4 Å². The molecular weight excluding hydrogens is 295 g/mol. The maximum Gasteiger partial charge on any atom is 0.433 e. The number of para-hydroxylation sites is 2. The van der Waals surface area contributed by atoms with Crippen molar-refractivity contribution in [2.24, 2.45) is 0 Å². The molecule has 0 spiro atoms. The molecule has 5 nitrogen and oxygen atoms in total. The highest BCUT2D eigenvalue weighted by atomic mass is 32.1. The van der Waals surface area contributed by atoms with Crippen LogP contribution in [0.1, 0.15) is 11.3 Å². The van der Waals surface area contributed by atoms with E-state index in [2.05, 4.69) is 5.10 Å². The Morgan fingerprint density at radius 1 is 1.35 bits per heavy atom. The van der Waals surface area contributed by atoms with E-state index in [1.807, 2.05) is 0 Å². The van der Waals surface area contributed by atoms with Crippen molar-refractivity contribution in [1.82, 2.24) is 9.78 Å². The lowest BCUT2D eigenvalue weighted by Crippen LogP contribution is -2.09. The van der Waals surface area contributed by atoms with Gasteiger partial charge < -0.3 is 0 Å². The standard InChI is InChI=1S/C11H8F3N3O2S/c1-6-9(11(12,13)14)15-16(10(6)20)7-4-2-3-5-8(7)17(18)19/h2-5,15H,1H3. The van der Waals surface area contributed by atoms with Crippen LogP contribution in [-0.4, -0.2) is 14.7 Å². The summed E-state index contributed by atoms with van der Waals surface area (Å²) in [7, 11) is 0. The maximum atomic E-state index is 12.8. The number of aromatic amines is 1. The first-order valence-electron chi connectivity index (χ1n) is 5.36. The molecule has 0 atom stereocenters. The molecule has 9 heteroatoms. The minimum atomic E-state index is -4.60. The van der Waals surface area contributed by atoms with Crippen molar-refractivity contribution < 1.29 is 18.1 Å². The molecule has 0 aliphatic heterocycles. The van der Waals surface area contributed by atoms with Crippen molar-refractivity contribution >= 4 is 17.9 Å². The first-order chi connectivity index (χ1) is 9.23. The van der Waals surface area contributed by atoms with Crippen molar-refractivity contribution in [3.63, 3.8) is 0 Å². The number of aromatic nitrogens is 2. The third kappa shape index (κ3) is 2.31. The molecule has 0 aliphatic rings. The minimum Gasteiger partial charge on any atom is -0.288 e. The Kier molecular flexibility index (Phi) is 3.38. The second kappa shape index (κ2) is 4.75. The highest BCUT2D eigenvalue weighted by Crippen LogP contribution is 2.33. The van der Waals surface area contributed by atoms with E-state index in [0.29, 0.717) is 0 Å². The molecule has 0 aliphatic carbocycles. The van der Waals surface area contributed by atoms with Gasteiger partial charge in [-0.25, -0.2) is 4.68 Å². The highest BCUT2D eigenvalue weighted by Gasteiger charge is 2.36. The molecule has 0 saturated carbocycles. The smallest absolute Gasteiger partial charge is 0.288 e. The number of nitrogens with one attached hydrogen (secondary N) is 1. The molecule has 0 radical (unpaired) electrons. The quantitative estimate of drug-likeness (QED) is 0.522. The van der Waals surface area contributed by atoms with Gasteiger partial charge in [-0.2, -0.15) is 13.2 Å². The molecule has 0 saturated heterocycles. The molecule has 20 heavy (non-hydrogen) atoms. The lowest BCUT2D eigenvalue weighted by Gasteiger charge is -2.05. The van der Waals surface area contributed by atoms with Gasteiger partial charge in [-0.05, 0) is 13.0 Å². The number of nitro groups is 1. The van der Waals surface area contributed by atoms with Gasteiger partial charge in [0.1, 0.15) is 16.0 Å². The predicted octanol–water partition coefficient (Wildman–Crippen LogP) is 3.77. The van der Waals surface area contributed by atoms with Gasteiger partial charge in [0.25, 0.3) is 5.69 Å². The zero-order chi connectivity index (χ0) is 15.1. The van der Waals surface area contributed by atoms with Gasteiger partial charge >= 0.3 is 6.18 Å². The van der Waals surface area contributed by atoms with E-state index in [4.69, 9.17) is 12.2 Å². The lowest BCUT2D eigenvalue weighted by atomic mass is 10.2. The molecule has 1 aromatic heterocycles. The fraction of sp³-hybridized carbons (Fsp3) is 0.182. The summed E-state index contributed by atoms with van der Waals surface area (Å²) in [4.78, 5) is 10.2. The third-order valence-corrected chi connectivity index (χ3v) is 3.21. The van der Waals surface area contributed by atoms with Crippen LogP contribution < -0.4 is 0 Å². The van der Waals surface area contributed by atoms with Crippen molar-refractivity contribution in [3.05, 3.63) is 50.3 Å². The molecule has 1 heterocycles. The summed E-state index contributed by atoms with van der Waals surface area (Å²) >= 11 is 4.92. The molecule has 106 valence electrons. The van der Waals surface area contributed by atoms with Crippen LogP contribution in [0.15, 0.2) is 24.3 Å². The fourth-order valence-corrected chi connectivity index (χ4v) is 2.02. The number of H-pyrrole nitrogens is 1. The molecule has 0 bridgehead atoms.